The molecule has 7 nitrogen and oxygen atoms in total. The average Bonchev–Trinajstić information content (AvgIpc) is 3.21. The number of aromatic nitrogens is 3. The van der Waals surface area contributed by atoms with Gasteiger partial charge in [0.05, 0.1) is 21.8 Å². The lowest BCUT2D eigenvalue weighted by Gasteiger charge is -2.08. The lowest BCUT2D eigenvalue weighted by atomic mass is 10.1. The van der Waals surface area contributed by atoms with Crippen LogP contribution >= 0.6 is 11.6 Å². The Balaban J connectivity index is 1.65. The molecule has 0 radical (unpaired) electrons. The van der Waals surface area contributed by atoms with Crippen LogP contribution in [0.1, 0.15) is 29.6 Å². The highest BCUT2D eigenvalue weighted by atomic mass is 35.5. The van der Waals surface area contributed by atoms with Crippen molar-refractivity contribution in [3.05, 3.63) is 70.3 Å². The number of nitrogens with zero attached hydrogens (tertiary/aromatic N) is 3. The van der Waals surface area contributed by atoms with Gasteiger partial charge in [0.1, 0.15) is 6.61 Å². The maximum atomic E-state index is 12.6. The predicted molar refractivity (Wildman–Crippen MR) is 105 cm³/mol. The molecule has 1 amide bonds. The summed E-state index contributed by atoms with van der Waals surface area (Å²) in [7, 11) is 0. The van der Waals surface area contributed by atoms with Crippen molar-refractivity contribution in [1.29, 1.82) is 0 Å². The lowest BCUT2D eigenvalue weighted by molar-refractivity contribution is -0.137. The van der Waals surface area contributed by atoms with Crippen LogP contribution in [0.25, 0.3) is 17.0 Å². The van der Waals surface area contributed by atoms with Crippen molar-refractivity contribution in [3.8, 4) is 11.5 Å². The zero-order chi connectivity index (χ0) is 22.6. The van der Waals surface area contributed by atoms with E-state index in [0.717, 1.165) is 12.1 Å². The van der Waals surface area contributed by atoms with Crippen molar-refractivity contribution >= 4 is 23.1 Å². The Morgan fingerprint density at radius 3 is 2.55 bits per heavy atom. The van der Waals surface area contributed by atoms with E-state index in [2.05, 4.69) is 20.5 Å². The number of halogens is 4. The molecule has 0 bridgehead atoms. The van der Waals surface area contributed by atoms with Gasteiger partial charge in [0.25, 0.3) is 0 Å². The first-order valence-electron chi connectivity index (χ1n) is 8.89. The number of hydrogen-bond donors (Lipinski definition) is 2. The summed E-state index contributed by atoms with van der Waals surface area (Å²) in [6.07, 6.45) is -1.68. The highest BCUT2D eigenvalue weighted by molar-refractivity contribution is 6.32. The zero-order valence-corrected chi connectivity index (χ0v) is 16.8. The lowest BCUT2D eigenvalue weighted by Crippen LogP contribution is -2.20. The van der Waals surface area contributed by atoms with Crippen molar-refractivity contribution in [2.24, 2.45) is 0 Å². The van der Waals surface area contributed by atoms with Crippen molar-refractivity contribution in [1.82, 2.24) is 20.5 Å². The topological polar surface area (TPSA) is 101 Å². The van der Waals surface area contributed by atoms with Crippen LogP contribution in [0, 0.1) is 0 Å². The van der Waals surface area contributed by atoms with Crippen LogP contribution in [-0.4, -0.2) is 26.2 Å². The second-order valence-corrected chi connectivity index (χ2v) is 6.86. The molecule has 0 saturated carbocycles. The quantitative estimate of drug-likeness (QED) is 0.548. The van der Waals surface area contributed by atoms with E-state index in [1.807, 2.05) is 0 Å². The summed E-state index contributed by atoms with van der Waals surface area (Å²) in [5.41, 5.74) is 1.05. The summed E-state index contributed by atoms with van der Waals surface area (Å²) in [6, 6.07) is 6.06. The molecule has 3 rings (SSSR count). The Morgan fingerprint density at radius 2 is 1.97 bits per heavy atom. The van der Waals surface area contributed by atoms with Gasteiger partial charge in [-0.05, 0) is 36.3 Å². The van der Waals surface area contributed by atoms with E-state index in [-0.39, 0.29) is 23.3 Å². The van der Waals surface area contributed by atoms with Gasteiger partial charge < -0.3 is 14.8 Å². The van der Waals surface area contributed by atoms with Crippen LogP contribution in [0.4, 0.5) is 13.2 Å². The molecular formula is C20H16ClF3N4O3. The van der Waals surface area contributed by atoms with Gasteiger partial charge in [-0.25, -0.2) is 0 Å². The van der Waals surface area contributed by atoms with Gasteiger partial charge in [0, 0.05) is 18.8 Å². The van der Waals surface area contributed by atoms with Crippen LogP contribution in [0.15, 0.2) is 47.0 Å². The van der Waals surface area contributed by atoms with E-state index in [1.54, 1.807) is 6.92 Å². The Kier molecular flexibility index (Phi) is 6.71. The first-order chi connectivity index (χ1) is 14.7. The molecule has 3 aromatic rings. The number of pyridine rings is 1. The number of carbonyl (C=O) groups is 1. The van der Waals surface area contributed by atoms with E-state index in [4.69, 9.17) is 21.1 Å². The first kappa shape index (κ1) is 22.4. The number of aliphatic hydroxyl groups is 1. The maximum Gasteiger partial charge on any atom is 0.416 e. The molecule has 0 aliphatic rings. The molecule has 0 saturated heterocycles. The smallest absolute Gasteiger partial charge is 0.416 e. The minimum Gasteiger partial charge on any atom is -0.418 e. The number of nitrogens with one attached hydrogen (secondary N) is 1. The number of carbonyl (C=O) groups excluding carboxylic acids is 1. The maximum absolute atomic E-state index is 12.6. The van der Waals surface area contributed by atoms with Crippen LogP contribution in [0.3, 0.4) is 0 Å². The molecule has 2 N–H and O–H groups in total. The highest BCUT2D eigenvalue weighted by Gasteiger charge is 2.29. The van der Waals surface area contributed by atoms with E-state index in [1.165, 1.54) is 30.5 Å². The average molecular weight is 453 g/mol. The molecule has 11 heteroatoms. The number of hydrogen-bond acceptors (Lipinski definition) is 6. The van der Waals surface area contributed by atoms with E-state index in [9.17, 15) is 18.0 Å². The third-order valence-corrected chi connectivity index (χ3v) is 4.45. The molecule has 162 valence electrons. The van der Waals surface area contributed by atoms with Crippen LogP contribution in [-0.2, 0) is 24.1 Å². The molecular weight excluding hydrogens is 437 g/mol. The fraction of sp³-hybridized carbons (Fsp3) is 0.200. The molecule has 1 aromatic carbocycles. The Hall–Kier alpha value is -3.24. The third kappa shape index (κ3) is 5.68. The monoisotopic (exact) mass is 452 g/mol. The minimum atomic E-state index is -4.41. The molecule has 0 aliphatic carbocycles. The summed E-state index contributed by atoms with van der Waals surface area (Å²) in [5.74, 6) is -0.263. The predicted octanol–water partition coefficient (Wildman–Crippen LogP) is 4.02. The molecule has 2 heterocycles. The minimum absolute atomic E-state index is 0.0518. The van der Waals surface area contributed by atoms with Crippen LogP contribution in [0.5, 0.6) is 0 Å². The normalized spacial score (nSPS) is 12.1. The van der Waals surface area contributed by atoms with Gasteiger partial charge in [0.15, 0.2) is 0 Å². The molecule has 0 spiro atoms. The summed E-state index contributed by atoms with van der Waals surface area (Å²) >= 11 is 6.26. The fourth-order valence-electron chi connectivity index (χ4n) is 2.60. The molecule has 2 aromatic heterocycles. The molecule has 0 unspecified atom stereocenters. The summed E-state index contributed by atoms with van der Waals surface area (Å²) in [5, 5.41) is 19.2. The summed E-state index contributed by atoms with van der Waals surface area (Å²) in [4.78, 5) is 16.4. The molecule has 0 aliphatic heterocycles. The van der Waals surface area contributed by atoms with E-state index in [0.29, 0.717) is 22.4 Å². The largest absolute Gasteiger partial charge is 0.418 e. The summed E-state index contributed by atoms with van der Waals surface area (Å²) in [6.45, 7) is 1.31. The number of benzene rings is 1. The van der Waals surface area contributed by atoms with Crippen LogP contribution < -0.4 is 5.32 Å². The van der Waals surface area contributed by atoms with Gasteiger partial charge in [-0.15, -0.1) is 10.2 Å². The van der Waals surface area contributed by atoms with E-state index >= 15 is 0 Å². The number of rotatable bonds is 6. The standard InChI is InChI=1S/C20H16ClF3N4O3/c1-11(6-16(30)25-8-12-2-4-14(5-3-12)20(22,23)24)18-15(21)7-13(9-26-18)19-28-27-17(10-29)31-19/h2-7,9,29H,8,10H2,1H3,(H,25,30). The highest BCUT2D eigenvalue weighted by Crippen LogP contribution is 2.29. The second-order valence-electron chi connectivity index (χ2n) is 6.45. The number of alkyl halides is 3. The Morgan fingerprint density at radius 1 is 1.26 bits per heavy atom. The van der Waals surface area contributed by atoms with Crippen molar-refractivity contribution in [3.63, 3.8) is 0 Å². The van der Waals surface area contributed by atoms with Crippen molar-refractivity contribution in [2.75, 3.05) is 0 Å². The van der Waals surface area contributed by atoms with E-state index < -0.39 is 24.3 Å². The van der Waals surface area contributed by atoms with Crippen LogP contribution in [0.2, 0.25) is 5.02 Å². The van der Waals surface area contributed by atoms with Crippen molar-refractivity contribution in [2.45, 2.75) is 26.3 Å². The van der Waals surface area contributed by atoms with Gasteiger partial charge in [-0.1, -0.05) is 23.7 Å². The van der Waals surface area contributed by atoms with Gasteiger partial charge in [0.2, 0.25) is 17.7 Å². The molecule has 31 heavy (non-hydrogen) atoms. The van der Waals surface area contributed by atoms with Crippen molar-refractivity contribution < 1.29 is 27.5 Å². The van der Waals surface area contributed by atoms with Gasteiger partial charge in [-0.2, -0.15) is 13.2 Å². The molecule has 0 atom stereocenters. The Bertz CT molecular complexity index is 1110. The van der Waals surface area contributed by atoms with Gasteiger partial charge in [-0.3, -0.25) is 9.78 Å². The number of allylic oxidation sites excluding steroid dienone is 1. The second kappa shape index (κ2) is 9.27. The third-order valence-electron chi connectivity index (χ3n) is 4.16. The first-order valence-corrected chi connectivity index (χ1v) is 9.27. The number of aliphatic hydroxyl groups excluding tert-OH is 1. The summed E-state index contributed by atoms with van der Waals surface area (Å²) < 4.78 is 43.0. The number of amides is 1. The molecule has 0 fully saturated rings. The SMILES string of the molecule is CC(=CC(=O)NCc1ccc(C(F)(F)F)cc1)c1ncc(-c2nnc(CO)o2)cc1Cl. The fourth-order valence-corrected chi connectivity index (χ4v) is 2.91. The zero-order valence-electron chi connectivity index (χ0n) is 16.1. The van der Waals surface area contributed by atoms with Gasteiger partial charge >= 0.3 is 6.18 Å². The Labute approximate surface area is 179 Å².